The Hall–Kier alpha value is -2.77. The first kappa shape index (κ1) is 23.0. The lowest BCUT2D eigenvalue weighted by Gasteiger charge is -2.40. The zero-order valence-corrected chi connectivity index (χ0v) is 21.2. The summed E-state index contributed by atoms with van der Waals surface area (Å²) in [6.07, 6.45) is 8.22. The van der Waals surface area contributed by atoms with Crippen LogP contribution in [0.15, 0.2) is 36.7 Å². The van der Waals surface area contributed by atoms with E-state index in [2.05, 4.69) is 33.3 Å². The molecule has 1 fully saturated rings. The Morgan fingerprint density at radius 1 is 1.06 bits per heavy atom. The van der Waals surface area contributed by atoms with Crippen molar-refractivity contribution in [2.45, 2.75) is 32.6 Å². The number of hydrogen-bond acceptors (Lipinski definition) is 5. The molecular weight excluding hydrogens is 471 g/mol. The molecule has 0 bridgehead atoms. The highest BCUT2D eigenvalue weighted by Gasteiger charge is 2.40. The van der Waals surface area contributed by atoms with Crippen LogP contribution in [0.3, 0.4) is 0 Å². The van der Waals surface area contributed by atoms with Crippen molar-refractivity contribution in [1.29, 1.82) is 0 Å². The maximum absolute atomic E-state index is 6.51. The molecule has 1 spiro atoms. The summed E-state index contributed by atoms with van der Waals surface area (Å²) >= 11 is 6.51. The fourth-order valence-corrected chi connectivity index (χ4v) is 5.86. The highest BCUT2D eigenvalue weighted by molar-refractivity contribution is 6.32. The van der Waals surface area contributed by atoms with Gasteiger partial charge in [0.25, 0.3) is 0 Å². The highest BCUT2D eigenvalue weighted by Crippen LogP contribution is 2.46. The number of methoxy groups -OCH3 is 1. The number of anilines is 1. The number of halogens is 2. The Balaban J connectivity index is 0.00000241. The predicted molar refractivity (Wildman–Crippen MR) is 136 cm³/mol. The summed E-state index contributed by atoms with van der Waals surface area (Å²) in [5.41, 5.74) is 6.93. The molecule has 34 heavy (non-hydrogen) atoms. The molecule has 1 aliphatic carbocycles. The largest absolute Gasteiger partial charge is 0.497 e. The summed E-state index contributed by atoms with van der Waals surface area (Å²) < 4.78 is 9.07. The molecule has 4 heterocycles. The minimum Gasteiger partial charge on any atom is -0.497 e. The van der Waals surface area contributed by atoms with Crippen LogP contribution in [0.5, 0.6) is 5.75 Å². The van der Waals surface area contributed by atoms with E-state index < -0.39 is 0 Å². The van der Waals surface area contributed by atoms with Gasteiger partial charge in [-0.25, -0.2) is 9.50 Å². The Kier molecular flexibility index (Phi) is 5.73. The Labute approximate surface area is 210 Å². The molecule has 6 rings (SSSR count). The van der Waals surface area contributed by atoms with Gasteiger partial charge in [-0.2, -0.15) is 10.2 Å². The lowest BCUT2D eigenvalue weighted by atomic mass is 9.76. The van der Waals surface area contributed by atoms with Gasteiger partial charge in [-0.1, -0.05) is 17.7 Å². The maximum Gasteiger partial charge on any atom is 0.155 e. The van der Waals surface area contributed by atoms with Gasteiger partial charge < -0.3 is 9.64 Å². The molecule has 1 aromatic carbocycles. The summed E-state index contributed by atoms with van der Waals surface area (Å²) in [7, 11) is 3.58. The second-order valence-corrected chi connectivity index (χ2v) is 9.80. The lowest BCUT2D eigenvalue weighted by Crippen LogP contribution is -2.41. The molecule has 9 heteroatoms. The molecule has 0 atom stereocenters. The maximum atomic E-state index is 6.51. The van der Waals surface area contributed by atoms with Gasteiger partial charge in [-0.3, -0.25) is 4.68 Å². The van der Waals surface area contributed by atoms with E-state index in [1.807, 2.05) is 30.8 Å². The molecule has 178 valence electrons. The van der Waals surface area contributed by atoms with Gasteiger partial charge >= 0.3 is 0 Å². The molecule has 1 aliphatic heterocycles. The van der Waals surface area contributed by atoms with Crippen LogP contribution >= 0.6 is 24.0 Å². The molecule has 0 saturated carbocycles. The van der Waals surface area contributed by atoms with Crippen molar-refractivity contribution < 1.29 is 4.74 Å². The second-order valence-electron chi connectivity index (χ2n) is 9.45. The number of nitrogens with zero attached hydrogens (tertiary/aromatic N) is 6. The summed E-state index contributed by atoms with van der Waals surface area (Å²) in [4.78, 5) is 7.48. The molecule has 0 unspecified atom stereocenters. The molecular formula is C25H28Cl2N6O. The van der Waals surface area contributed by atoms with E-state index in [1.165, 1.54) is 11.1 Å². The van der Waals surface area contributed by atoms with Crippen LogP contribution in [0.2, 0.25) is 5.15 Å². The van der Waals surface area contributed by atoms with Gasteiger partial charge in [0.05, 0.1) is 36.5 Å². The molecule has 0 amide bonds. The Morgan fingerprint density at radius 2 is 1.82 bits per heavy atom. The average Bonchev–Trinajstić information content (AvgIpc) is 3.52. The van der Waals surface area contributed by atoms with E-state index in [0.29, 0.717) is 10.6 Å². The van der Waals surface area contributed by atoms with Crippen LogP contribution in [-0.4, -0.2) is 44.6 Å². The first-order chi connectivity index (χ1) is 16.0. The van der Waals surface area contributed by atoms with Crippen LogP contribution in [0.4, 0.5) is 5.82 Å². The van der Waals surface area contributed by atoms with E-state index in [1.54, 1.807) is 18.0 Å². The van der Waals surface area contributed by atoms with Crippen LogP contribution in [0.1, 0.15) is 29.7 Å². The molecule has 0 N–H and O–H groups in total. The average molecular weight is 499 g/mol. The summed E-state index contributed by atoms with van der Waals surface area (Å²) in [5.74, 6) is 1.96. The first-order valence-corrected chi connectivity index (χ1v) is 11.8. The number of ether oxygens (including phenoxy) is 1. The third kappa shape index (κ3) is 3.53. The topological polar surface area (TPSA) is 60.5 Å². The van der Waals surface area contributed by atoms with Crippen molar-refractivity contribution in [3.8, 4) is 17.0 Å². The van der Waals surface area contributed by atoms with Crippen molar-refractivity contribution >= 4 is 35.3 Å². The van der Waals surface area contributed by atoms with Gasteiger partial charge in [-0.15, -0.1) is 12.4 Å². The lowest BCUT2D eigenvalue weighted by molar-refractivity contribution is 0.232. The number of hydrogen-bond donors (Lipinski definition) is 0. The summed E-state index contributed by atoms with van der Waals surface area (Å²) in [6, 6.07) is 8.60. The highest BCUT2D eigenvalue weighted by atomic mass is 35.5. The first-order valence-electron chi connectivity index (χ1n) is 11.4. The van der Waals surface area contributed by atoms with Crippen LogP contribution in [0.25, 0.3) is 16.8 Å². The van der Waals surface area contributed by atoms with E-state index in [0.717, 1.165) is 72.8 Å². The fraction of sp³-hybridized carbons (Fsp3) is 0.400. The zero-order valence-electron chi connectivity index (χ0n) is 19.6. The standard InChI is InChI=1S/C25H27ClN6O.ClH/c1-16-22(20-15-28-30(2)23(20)26)32-21(6-9-27-32)24(29-16)31-10-7-25(8-11-31)13-17-4-5-19(33-3)12-18(17)14-25;/h4-6,9,12,15H,7-8,10-11,13-14H2,1-3H3;1H. The molecule has 0 radical (unpaired) electrons. The molecule has 3 aromatic heterocycles. The molecule has 1 saturated heterocycles. The minimum absolute atomic E-state index is 0. The van der Waals surface area contributed by atoms with Gasteiger partial charge in [0, 0.05) is 20.1 Å². The normalized spacial score (nSPS) is 16.6. The van der Waals surface area contributed by atoms with E-state index in [4.69, 9.17) is 21.3 Å². The van der Waals surface area contributed by atoms with Crippen molar-refractivity contribution in [3.05, 3.63) is 58.6 Å². The second kappa shape index (κ2) is 8.47. The van der Waals surface area contributed by atoms with Gasteiger partial charge in [0.1, 0.15) is 16.4 Å². The quantitative estimate of drug-likeness (QED) is 0.401. The van der Waals surface area contributed by atoms with E-state index >= 15 is 0 Å². The SMILES string of the molecule is COc1ccc2c(c1)CC1(CCN(c3nc(C)c(-c4cnn(C)c4Cl)n4nccc34)CC1)C2.Cl. The zero-order chi connectivity index (χ0) is 22.7. The Morgan fingerprint density at radius 3 is 2.53 bits per heavy atom. The summed E-state index contributed by atoms with van der Waals surface area (Å²) in [6.45, 7) is 4.01. The predicted octanol–water partition coefficient (Wildman–Crippen LogP) is 4.91. The number of rotatable bonds is 3. The van der Waals surface area contributed by atoms with Gasteiger partial charge in [0.15, 0.2) is 5.82 Å². The van der Waals surface area contributed by atoms with Crippen molar-refractivity contribution in [3.63, 3.8) is 0 Å². The van der Waals surface area contributed by atoms with Gasteiger partial charge in [0.2, 0.25) is 0 Å². The van der Waals surface area contributed by atoms with E-state index in [9.17, 15) is 0 Å². The number of benzene rings is 1. The smallest absolute Gasteiger partial charge is 0.155 e. The number of aromatic nitrogens is 5. The van der Waals surface area contributed by atoms with Crippen molar-refractivity contribution in [2.75, 3.05) is 25.1 Å². The molecule has 4 aromatic rings. The van der Waals surface area contributed by atoms with Crippen LogP contribution in [-0.2, 0) is 19.9 Å². The number of piperidine rings is 1. The third-order valence-corrected chi connectivity index (χ3v) is 7.94. The third-order valence-electron chi connectivity index (χ3n) is 7.49. The van der Waals surface area contributed by atoms with E-state index in [-0.39, 0.29) is 12.4 Å². The monoisotopic (exact) mass is 498 g/mol. The van der Waals surface area contributed by atoms with Crippen LogP contribution in [0, 0.1) is 12.3 Å². The van der Waals surface area contributed by atoms with Gasteiger partial charge in [-0.05, 0) is 67.3 Å². The number of fused-ring (bicyclic) bond motifs is 2. The minimum atomic E-state index is 0. The fourth-order valence-electron chi connectivity index (χ4n) is 5.68. The number of aryl methyl sites for hydroxylation is 2. The van der Waals surface area contributed by atoms with Crippen molar-refractivity contribution in [1.82, 2.24) is 24.4 Å². The molecule has 2 aliphatic rings. The Bertz CT molecular complexity index is 1370. The van der Waals surface area contributed by atoms with Crippen molar-refractivity contribution in [2.24, 2.45) is 12.5 Å². The van der Waals surface area contributed by atoms with Crippen LogP contribution < -0.4 is 9.64 Å². The summed E-state index contributed by atoms with van der Waals surface area (Å²) in [5, 5.41) is 9.51. The molecule has 7 nitrogen and oxygen atoms in total.